The molecule has 0 bridgehead atoms. The van der Waals surface area contributed by atoms with Crippen LogP contribution in [0.2, 0.25) is 0 Å². The van der Waals surface area contributed by atoms with E-state index in [1.165, 1.54) is 13.2 Å². The Kier molecular flexibility index (Phi) is 3.99. The Morgan fingerprint density at radius 1 is 1.50 bits per heavy atom. The van der Waals surface area contributed by atoms with Crippen molar-refractivity contribution in [1.29, 1.82) is 0 Å². The number of aromatic nitrogens is 2. The minimum absolute atomic E-state index is 0.118. The van der Waals surface area contributed by atoms with E-state index in [4.69, 9.17) is 4.74 Å². The number of nitrogens with one attached hydrogen (secondary N) is 2. The van der Waals surface area contributed by atoms with Gasteiger partial charge in [-0.15, -0.1) is 0 Å². The Bertz CT molecular complexity index is 663. The lowest BCUT2D eigenvalue weighted by Gasteiger charge is -2.01. The zero-order chi connectivity index (χ0) is 14.5. The second kappa shape index (κ2) is 5.87. The van der Waals surface area contributed by atoms with Gasteiger partial charge in [0.1, 0.15) is 12.1 Å². The Labute approximate surface area is 114 Å². The highest BCUT2D eigenvalue weighted by Crippen LogP contribution is 2.19. The van der Waals surface area contributed by atoms with Gasteiger partial charge in [0.25, 0.3) is 0 Å². The third-order valence-electron chi connectivity index (χ3n) is 2.47. The molecular formula is C13H13N3O4. The van der Waals surface area contributed by atoms with Crippen molar-refractivity contribution in [3.8, 4) is 0 Å². The average molecular weight is 275 g/mol. The normalized spacial score (nSPS) is 10.1. The van der Waals surface area contributed by atoms with E-state index in [0.29, 0.717) is 16.6 Å². The number of hydrogen-bond acceptors (Lipinski definition) is 5. The first kappa shape index (κ1) is 13.6. The highest BCUT2D eigenvalue weighted by molar-refractivity contribution is 6.02. The Hall–Kier alpha value is -2.83. The molecule has 7 nitrogen and oxygen atoms in total. The van der Waals surface area contributed by atoms with Crippen LogP contribution in [0.25, 0.3) is 11.0 Å². The van der Waals surface area contributed by atoms with Gasteiger partial charge >= 0.3 is 12.1 Å². The summed E-state index contributed by atoms with van der Waals surface area (Å²) >= 11 is 0. The molecule has 0 atom stereocenters. The van der Waals surface area contributed by atoms with E-state index in [1.54, 1.807) is 18.2 Å². The molecule has 0 saturated heterocycles. The third-order valence-corrected chi connectivity index (χ3v) is 2.47. The number of esters is 1. The number of para-hydroxylation sites is 1. The van der Waals surface area contributed by atoms with Crippen LogP contribution in [0.5, 0.6) is 0 Å². The zero-order valence-electron chi connectivity index (χ0n) is 10.8. The first-order chi connectivity index (χ1) is 9.65. The van der Waals surface area contributed by atoms with Crippen LogP contribution in [0, 0.1) is 0 Å². The monoisotopic (exact) mass is 275 g/mol. The Morgan fingerprint density at radius 3 is 3.00 bits per heavy atom. The smallest absolute Gasteiger partial charge is 0.413 e. The van der Waals surface area contributed by atoms with Gasteiger partial charge in [-0.1, -0.05) is 18.7 Å². The first-order valence-corrected chi connectivity index (χ1v) is 5.77. The van der Waals surface area contributed by atoms with Gasteiger partial charge in [0.2, 0.25) is 5.95 Å². The lowest BCUT2D eigenvalue weighted by Crippen LogP contribution is -2.11. The molecule has 0 spiro atoms. The Morgan fingerprint density at radius 2 is 2.30 bits per heavy atom. The van der Waals surface area contributed by atoms with Crippen molar-refractivity contribution < 1.29 is 19.1 Å². The number of hydrogen-bond donors (Lipinski definition) is 2. The van der Waals surface area contributed by atoms with E-state index >= 15 is 0 Å². The number of imidazole rings is 1. The van der Waals surface area contributed by atoms with Crippen molar-refractivity contribution >= 4 is 29.0 Å². The molecule has 0 aliphatic carbocycles. The maximum absolute atomic E-state index is 11.9. The SMILES string of the molecule is C=CCOC(=O)c1cccc2[nH]c(NC(=O)OC)nc12. The molecule has 0 aliphatic heterocycles. The number of carbonyl (C=O) groups is 2. The van der Waals surface area contributed by atoms with E-state index in [1.807, 2.05) is 0 Å². The summed E-state index contributed by atoms with van der Waals surface area (Å²) in [5, 5.41) is 2.39. The molecule has 0 saturated carbocycles. The van der Waals surface area contributed by atoms with Crippen molar-refractivity contribution in [3.63, 3.8) is 0 Å². The number of aromatic amines is 1. The Balaban J connectivity index is 2.34. The summed E-state index contributed by atoms with van der Waals surface area (Å²) in [7, 11) is 1.25. The molecule has 2 aromatic rings. The number of amides is 1. The molecule has 1 heterocycles. The standard InChI is InChI=1S/C13H13N3O4/c1-3-7-20-11(17)8-5-4-6-9-10(8)15-12(14-9)16-13(18)19-2/h3-6H,1,7H2,2H3,(H2,14,15,16,18). The molecule has 1 amide bonds. The fourth-order valence-corrected chi connectivity index (χ4v) is 1.62. The molecule has 0 unspecified atom stereocenters. The lowest BCUT2D eigenvalue weighted by atomic mass is 10.2. The molecule has 0 aliphatic rings. The lowest BCUT2D eigenvalue weighted by molar-refractivity contribution is 0.0552. The molecule has 1 aromatic carbocycles. The van der Waals surface area contributed by atoms with Crippen LogP contribution in [0.4, 0.5) is 10.7 Å². The van der Waals surface area contributed by atoms with Crippen LogP contribution in [0.15, 0.2) is 30.9 Å². The van der Waals surface area contributed by atoms with Crippen molar-refractivity contribution in [1.82, 2.24) is 9.97 Å². The number of ether oxygens (including phenoxy) is 2. The largest absolute Gasteiger partial charge is 0.458 e. The fraction of sp³-hybridized carbons (Fsp3) is 0.154. The first-order valence-electron chi connectivity index (χ1n) is 5.77. The van der Waals surface area contributed by atoms with Crippen molar-refractivity contribution in [2.75, 3.05) is 19.0 Å². The van der Waals surface area contributed by atoms with E-state index in [0.717, 1.165) is 0 Å². The molecule has 104 valence electrons. The van der Waals surface area contributed by atoms with Crippen LogP contribution >= 0.6 is 0 Å². The van der Waals surface area contributed by atoms with Crippen LogP contribution in [-0.4, -0.2) is 35.7 Å². The number of rotatable bonds is 4. The van der Waals surface area contributed by atoms with E-state index < -0.39 is 12.1 Å². The fourth-order valence-electron chi connectivity index (χ4n) is 1.62. The molecule has 1 aromatic heterocycles. The third kappa shape index (κ3) is 2.77. The molecule has 20 heavy (non-hydrogen) atoms. The van der Waals surface area contributed by atoms with E-state index in [9.17, 15) is 9.59 Å². The summed E-state index contributed by atoms with van der Waals surface area (Å²) in [4.78, 5) is 30.0. The average Bonchev–Trinajstić information content (AvgIpc) is 2.86. The summed E-state index contributed by atoms with van der Waals surface area (Å²) in [5.74, 6) is -0.317. The van der Waals surface area contributed by atoms with Crippen molar-refractivity contribution in [2.24, 2.45) is 0 Å². The number of benzene rings is 1. The molecule has 0 radical (unpaired) electrons. The van der Waals surface area contributed by atoms with Gasteiger partial charge in [0.05, 0.1) is 18.2 Å². The summed E-state index contributed by atoms with van der Waals surface area (Å²) in [6.45, 7) is 3.59. The molecular weight excluding hydrogens is 262 g/mol. The second-order valence-electron chi connectivity index (χ2n) is 3.79. The van der Waals surface area contributed by atoms with Gasteiger partial charge in [-0.25, -0.2) is 14.6 Å². The number of H-pyrrole nitrogens is 1. The van der Waals surface area contributed by atoms with Gasteiger partial charge in [-0.2, -0.15) is 0 Å². The highest BCUT2D eigenvalue weighted by atomic mass is 16.5. The van der Waals surface area contributed by atoms with Gasteiger partial charge in [0, 0.05) is 0 Å². The predicted molar refractivity (Wildman–Crippen MR) is 72.6 cm³/mol. The number of fused-ring (bicyclic) bond motifs is 1. The second-order valence-corrected chi connectivity index (χ2v) is 3.79. The summed E-state index contributed by atoms with van der Waals surface area (Å²) in [6.07, 6.45) is 0.826. The number of anilines is 1. The van der Waals surface area contributed by atoms with Crippen LogP contribution < -0.4 is 5.32 Å². The number of methoxy groups -OCH3 is 1. The van der Waals surface area contributed by atoms with Gasteiger partial charge in [-0.05, 0) is 12.1 Å². The molecule has 2 N–H and O–H groups in total. The zero-order valence-corrected chi connectivity index (χ0v) is 10.8. The minimum Gasteiger partial charge on any atom is -0.458 e. The highest BCUT2D eigenvalue weighted by Gasteiger charge is 2.15. The van der Waals surface area contributed by atoms with Crippen molar-refractivity contribution in [2.45, 2.75) is 0 Å². The van der Waals surface area contributed by atoms with Crippen LogP contribution in [-0.2, 0) is 9.47 Å². The van der Waals surface area contributed by atoms with Crippen LogP contribution in [0.1, 0.15) is 10.4 Å². The quantitative estimate of drug-likeness (QED) is 0.658. The van der Waals surface area contributed by atoms with Crippen LogP contribution in [0.3, 0.4) is 0 Å². The predicted octanol–water partition coefficient (Wildman–Crippen LogP) is 2.08. The number of carbonyl (C=O) groups excluding carboxylic acids is 2. The molecule has 0 fully saturated rings. The minimum atomic E-state index is -0.653. The maximum atomic E-state index is 11.9. The number of nitrogens with zero attached hydrogens (tertiary/aromatic N) is 1. The van der Waals surface area contributed by atoms with Gasteiger partial charge in [-0.3, -0.25) is 5.32 Å². The van der Waals surface area contributed by atoms with Gasteiger partial charge in [0.15, 0.2) is 0 Å². The maximum Gasteiger partial charge on any atom is 0.413 e. The summed E-state index contributed by atoms with van der Waals surface area (Å²) < 4.78 is 9.44. The summed E-state index contributed by atoms with van der Waals surface area (Å²) in [6, 6.07) is 5.01. The van der Waals surface area contributed by atoms with Crippen molar-refractivity contribution in [3.05, 3.63) is 36.4 Å². The van der Waals surface area contributed by atoms with Gasteiger partial charge < -0.3 is 14.5 Å². The van der Waals surface area contributed by atoms with E-state index in [-0.39, 0.29) is 12.6 Å². The molecule has 7 heteroatoms. The summed E-state index contributed by atoms with van der Waals surface area (Å²) in [5.41, 5.74) is 1.32. The molecule has 2 rings (SSSR count). The van der Waals surface area contributed by atoms with E-state index in [2.05, 4.69) is 26.6 Å². The topological polar surface area (TPSA) is 93.3 Å².